The summed E-state index contributed by atoms with van der Waals surface area (Å²) in [6.45, 7) is 6.54. The van der Waals surface area contributed by atoms with Gasteiger partial charge in [-0.1, -0.05) is 34.1 Å². The van der Waals surface area contributed by atoms with Gasteiger partial charge in [0.1, 0.15) is 5.75 Å². The minimum Gasteiger partial charge on any atom is -0.496 e. The van der Waals surface area contributed by atoms with Crippen LogP contribution in [0.25, 0.3) is 0 Å². The molecule has 0 bridgehead atoms. The number of ether oxygens (including phenoxy) is 1. The average Bonchev–Trinajstić information content (AvgIpc) is 2.25. The molecule has 0 aliphatic rings. The van der Waals surface area contributed by atoms with Crippen LogP contribution in [0.3, 0.4) is 0 Å². The summed E-state index contributed by atoms with van der Waals surface area (Å²) in [4.78, 5) is 0. The Morgan fingerprint density at radius 1 is 1.62 bits per heavy atom. The van der Waals surface area contributed by atoms with Gasteiger partial charge in [0.15, 0.2) is 0 Å². The van der Waals surface area contributed by atoms with Crippen LogP contribution in [0.1, 0.15) is 18.5 Å². The molecular formula is C12H15BrClNO. The second-order valence-corrected chi connectivity index (χ2v) is 5.06. The van der Waals surface area contributed by atoms with Crippen LogP contribution in [0, 0.1) is 0 Å². The molecule has 0 aliphatic heterocycles. The van der Waals surface area contributed by atoms with Gasteiger partial charge in [0.05, 0.1) is 7.11 Å². The van der Waals surface area contributed by atoms with Gasteiger partial charge in [-0.05, 0) is 25.1 Å². The Morgan fingerprint density at radius 2 is 2.31 bits per heavy atom. The molecule has 1 N–H and O–H groups in total. The molecule has 0 aliphatic carbocycles. The minimum atomic E-state index is 0.156. The van der Waals surface area contributed by atoms with Gasteiger partial charge >= 0.3 is 0 Å². The van der Waals surface area contributed by atoms with Crippen molar-refractivity contribution < 1.29 is 4.74 Å². The topological polar surface area (TPSA) is 21.3 Å². The van der Waals surface area contributed by atoms with Crippen LogP contribution in [0.5, 0.6) is 5.75 Å². The number of halogens is 2. The smallest absolute Gasteiger partial charge is 0.123 e. The van der Waals surface area contributed by atoms with Crippen molar-refractivity contribution in [3.8, 4) is 5.75 Å². The fraction of sp³-hybridized carbons (Fsp3) is 0.333. The van der Waals surface area contributed by atoms with E-state index < -0.39 is 0 Å². The third-order valence-electron chi connectivity index (χ3n) is 2.26. The van der Waals surface area contributed by atoms with Crippen LogP contribution in [0.4, 0.5) is 0 Å². The van der Waals surface area contributed by atoms with Gasteiger partial charge in [-0.2, -0.15) is 0 Å². The number of hydrogen-bond acceptors (Lipinski definition) is 2. The molecule has 1 rings (SSSR count). The standard InChI is InChI=1S/C12H15BrClNO/c1-8(13)7-15-9(2)11-6-10(14)4-5-12(11)16-3/h4-6,9,15H,1,7H2,2-3H3. The second kappa shape index (κ2) is 6.28. The minimum absolute atomic E-state index is 0.156. The molecule has 1 aromatic carbocycles. The van der Waals surface area contributed by atoms with Gasteiger partial charge in [-0.15, -0.1) is 0 Å². The van der Waals surface area contributed by atoms with Crippen molar-refractivity contribution >= 4 is 27.5 Å². The van der Waals surface area contributed by atoms with Crippen molar-refractivity contribution in [1.29, 1.82) is 0 Å². The maximum absolute atomic E-state index is 5.97. The molecular weight excluding hydrogens is 289 g/mol. The third-order valence-corrected chi connectivity index (χ3v) is 2.77. The Balaban J connectivity index is 2.84. The number of nitrogens with one attached hydrogen (secondary N) is 1. The van der Waals surface area contributed by atoms with E-state index >= 15 is 0 Å². The van der Waals surface area contributed by atoms with E-state index in [9.17, 15) is 0 Å². The first-order valence-electron chi connectivity index (χ1n) is 4.94. The van der Waals surface area contributed by atoms with Gasteiger partial charge in [0.2, 0.25) is 0 Å². The van der Waals surface area contributed by atoms with Crippen LogP contribution in [0.15, 0.2) is 29.3 Å². The highest BCUT2D eigenvalue weighted by Crippen LogP contribution is 2.28. The van der Waals surface area contributed by atoms with Crippen LogP contribution in [-0.4, -0.2) is 13.7 Å². The Bertz CT molecular complexity index is 381. The molecule has 0 radical (unpaired) electrons. The summed E-state index contributed by atoms with van der Waals surface area (Å²) in [5.41, 5.74) is 1.05. The SMILES string of the molecule is C=C(Br)CNC(C)c1cc(Cl)ccc1OC. The van der Waals surface area contributed by atoms with Crippen LogP contribution in [-0.2, 0) is 0 Å². The number of methoxy groups -OCH3 is 1. The summed E-state index contributed by atoms with van der Waals surface area (Å²) in [5.74, 6) is 0.838. The van der Waals surface area contributed by atoms with E-state index in [1.54, 1.807) is 7.11 Å². The maximum Gasteiger partial charge on any atom is 0.123 e. The number of rotatable bonds is 5. The van der Waals surface area contributed by atoms with E-state index in [0.29, 0.717) is 11.6 Å². The highest BCUT2D eigenvalue weighted by Gasteiger charge is 2.11. The summed E-state index contributed by atoms with van der Waals surface area (Å²) in [6, 6.07) is 5.76. The molecule has 1 atom stereocenters. The lowest BCUT2D eigenvalue weighted by molar-refractivity contribution is 0.403. The fourth-order valence-corrected chi connectivity index (χ4v) is 1.76. The molecule has 0 spiro atoms. The lowest BCUT2D eigenvalue weighted by atomic mass is 10.1. The molecule has 0 aromatic heterocycles. The molecule has 0 saturated carbocycles. The van der Waals surface area contributed by atoms with E-state index in [1.165, 1.54) is 0 Å². The largest absolute Gasteiger partial charge is 0.496 e. The molecule has 1 unspecified atom stereocenters. The zero-order valence-corrected chi connectivity index (χ0v) is 11.7. The molecule has 16 heavy (non-hydrogen) atoms. The van der Waals surface area contributed by atoms with Gasteiger partial charge in [0.25, 0.3) is 0 Å². The molecule has 2 nitrogen and oxygen atoms in total. The van der Waals surface area contributed by atoms with Crippen molar-refractivity contribution in [1.82, 2.24) is 5.32 Å². The molecule has 88 valence electrons. The Hall–Kier alpha value is -0.510. The van der Waals surface area contributed by atoms with E-state index in [0.717, 1.165) is 15.8 Å². The Labute approximate surface area is 110 Å². The van der Waals surface area contributed by atoms with Crippen molar-refractivity contribution in [2.24, 2.45) is 0 Å². The van der Waals surface area contributed by atoms with Crippen LogP contribution in [0.2, 0.25) is 5.02 Å². The first-order valence-corrected chi connectivity index (χ1v) is 6.11. The molecule has 0 amide bonds. The van der Waals surface area contributed by atoms with Crippen molar-refractivity contribution in [2.45, 2.75) is 13.0 Å². The van der Waals surface area contributed by atoms with Crippen molar-refractivity contribution in [3.05, 3.63) is 39.8 Å². The number of benzene rings is 1. The fourth-order valence-electron chi connectivity index (χ4n) is 1.42. The van der Waals surface area contributed by atoms with E-state index in [1.807, 2.05) is 18.2 Å². The van der Waals surface area contributed by atoms with Crippen LogP contribution < -0.4 is 10.1 Å². The van der Waals surface area contributed by atoms with Gasteiger partial charge < -0.3 is 10.1 Å². The molecule has 1 aromatic rings. The van der Waals surface area contributed by atoms with Crippen molar-refractivity contribution in [3.63, 3.8) is 0 Å². The monoisotopic (exact) mass is 303 g/mol. The predicted octanol–water partition coefficient (Wildman–Crippen LogP) is 3.91. The predicted molar refractivity (Wildman–Crippen MR) is 72.5 cm³/mol. The maximum atomic E-state index is 5.97. The first-order chi connectivity index (χ1) is 7.54. The van der Waals surface area contributed by atoms with Crippen LogP contribution >= 0.6 is 27.5 Å². The van der Waals surface area contributed by atoms with E-state index in [2.05, 4.69) is 34.7 Å². The molecule has 4 heteroatoms. The van der Waals surface area contributed by atoms with Gasteiger partial charge in [0, 0.05) is 27.7 Å². The quantitative estimate of drug-likeness (QED) is 0.890. The highest BCUT2D eigenvalue weighted by molar-refractivity contribution is 9.11. The molecule has 0 fully saturated rings. The summed E-state index contributed by atoms with van der Waals surface area (Å²) in [6.07, 6.45) is 0. The normalized spacial score (nSPS) is 12.2. The van der Waals surface area contributed by atoms with Crippen molar-refractivity contribution in [2.75, 3.05) is 13.7 Å². The average molecular weight is 305 g/mol. The second-order valence-electron chi connectivity index (χ2n) is 3.51. The summed E-state index contributed by atoms with van der Waals surface area (Å²) in [7, 11) is 1.66. The summed E-state index contributed by atoms with van der Waals surface area (Å²) in [5, 5.41) is 4.03. The van der Waals surface area contributed by atoms with E-state index in [-0.39, 0.29) is 6.04 Å². The molecule has 0 heterocycles. The van der Waals surface area contributed by atoms with Gasteiger partial charge in [-0.3, -0.25) is 0 Å². The Morgan fingerprint density at radius 3 is 2.88 bits per heavy atom. The van der Waals surface area contributed by atoms with Gasteiger partial charge in [-0.25, -0.2) is 0 Å². The lowest BCUT2D eigenvalue weighted by Gasteiger charge is -2.17. The summed E-state index contributed by atoms with van der Waals surface area (Å²) >= 11 is 9.28. The highest BCUT2D eigenvalue weighted by atomic mass is 79.9. The third kappa shape index (κ3) is 3.81. The Kier molecular flexibility index (Phi) is 5.32. The zero-order chi connectivity index (χ0) is 12.1. The number of hydrogen-bond donors (Lipinski definition) is 1. The lowest BCUT2D eigenvalue weighted by Crippen LogP contribution is -2.20. The molecule has 0 saturated heterocycles. The zero-order valence-electron chi connectivity index (χ0n) is 9.39. The first kappa shape index (κ1) is 13.6. The van der Waals surface area contributed by atoms with E-state index in [4.69, 9.17) is 16.3 Å². The summed E-state index contributed by atoms with van der Waals surface area (Å²) < 4.78 is 6.21.